The minimum absolute atomic E-state index is 0.123. The van der Waals surface area contributed by atoms with E-state index >= 15 is 0 Å². The van der Waals surface area contributed by atoms with Gasteiger partial charge in [-0.15, -0.1) is 6.42 Å². The van der Waals surface area contributed by atoms with Crippen LogP contribution in [-0.4, -0.2) is 56.9 Å². The molecule has 4 aromatic carbocycles. The molecule has 0 N–H and O–H groups in total. The van der Waals surface area contributed by atoms with Crippen molar-refractivity contribution in [2.45, 2.75) is 64.5 Å². The summed E-state index contributed by atoms with van der Waals surface area (Å²) in [6, 6.07) is 36.2. The molecule has 0 bridgehead atoms. The van der Waals surface area contributed by atoms with Crippen molar-refractivity contribution in [1.29, 1.82) is 5.26 Å². The van der Waals surface area contributed by atoms with Gasteiger partial charge in [-0.05, 0) is 86.3 Å². The van der Waals surface area contributed by atoms with Crippen molar-refractivity contribution < 1.29 is 28.0 Å². The largest absolute Gasteiger partial charge is 0.497 e. The Labute approximate surface area is 305 Å². The second-order valence-electron chi connectivity index (χ2n) is 12.4. The summed E-state index contributed by atoms with van der Waals surface area (Å²) in [4.78, 5) is 0. The van der Waals surface area contributed by atoms with Crippen LogP contribution in [0.4, 0.5) is 0 Å². The maximum Gasteiger partial charge on any atom is 0.259 e. The molecule has 0 spiro atoms. The van der Waals surface area contributed by atoms with Gasteiger partial charge in [-0.25, -0.2) is 4.67 Å². The van der Waals surface area contributed by atoms with Crippen LogP contribution in [0, 0.1) is 23.7 Å². The standard InChI is InChI=1S/C42H49N2O6P/c1-8-34-15-17-35(18-16-34)29-47-30-41(50-51(49-28-12-27-43)44(32(2)3)33(4)5)31-48-42(36-13-10-9-11-14-36,37-19-23-39(45-6)24-20-37)38-21-25-40(46-7)26-22-38/h1,9-11,13-26,32-33,41H,12,28-31H2,2-7H3/t41-,51?/m0/s1. The quantitative estimate of drug-likeness (QED) is 0.0390. The molecule has 0 heterocycles. The van der Waals surface area contributed by atoms with Crippen molar-refractivity contribution in [2.75, 3.05) is 34.0 Å². The first-order valence-corrected chi connectivity index (χ1v) is 18.3. The molecule has 51 heavy (non-hydrogen) atoms. The lowest BCUT2D eigenvalue weighted by atomic mass is 9.80. The predicted molar refractivity (Wildman–Crippen MR) is 202 cm³/mol. The van der Waals surface area contributed by atoms with Gasteiger partial charge in [0.25, 0.3) is 8.53 Å². The van der Waals surface area contributed by atoms with Crippen LogP contribution in [0.5, 0.6) is 11.5 Å². The van der Waals surface area contributed by atoms with Crippen molar-refractivity contribution in [1.82, 2.24) is 4.67 Å². The number of terminal acetylenes is 1. The first-order chi connectivity index (χ1) is 24.7. The summed E-state index contributed by atoms with van der Waals surface area (Å²) in [5.74, 6) is 4.13. The summed E-state index contributed by atoms with van der Waals surface area (Å²) in [5, 5.41) is 9.30. The fourth-order valence-corrected chi connectivity index (χ4v) is 7.51. The smallest absolute Gasteiger partial charge is 0.259 e. The molecule has 0 fully saturated rings. The van der Waals surface area contributed by atoms with Crippen LogP contribution in [0.25, 0.3) is 0 Å². The number of hydrogen-bond acceptors (Lipinski definition) is 8. The highest BCUT2D eigenvalue weighted by molar-refractivity contribution is 7.44. The molecule has 0 amide bonds. The monoisotopic (exact) mass is 708 g/mol. The van der Waals surface area contributed by atoms with Crippen LogP contribution in [0.1, 0.15) is 61.9 Å². The zero-order chi connectivity index (χ0) is 36.6. The predicted octanol–water partition coefficient (Wildman–Crippen LogP) is 8.87. The average Bonchev–Trinajstić information content (AvgIpc) is 3.15. The number of hydrogen-bond donors (Lipinski definition) is 0. The van der Waals surface area contributed by atoms with Crippen molar-refractivity contribution in [2.24, 2.45) is 0 Å². The summed E-state index contributed by atoms with van der Waals surface area (Å²) in [7, 11) is 1.72. The van der Waals surface area contributed by atoms with E-state index in [1.807, 2.05) is 91.0 Å². The highest BCUT2D eigenvalue weighted by Gasteiger charge is 2.39. The first kappa shape index (κ1) is 39.5. The second-order valence-corrected chi connectivity index (χ2v) is 13.9. The molecule has 0 aliphatic heterocycles. The van der Waals surface area contributed by atoms with Gasteiger partial charge >= 0.3 is 0 Å². The summed E-state index contributed by atoms with van der Waals surface area (Å²) in [5.41, 5.74) is 3.50. The number of methoxy groups -OCH3 is 2. The van der Waals surface area contributed by atoms with Crippen molar-refractivity contribution >= 4 is 8.53 Å². The highest BCUT2D eigenvalue weighted by atomic mass is 31.2. The Bertz CT molecular complexity index is 1630. The third-order valence-electron chi connectivity index (χ3n) is 8.25. The van der Waals surface area contributed by atoms with E-state index in [1.165, 1.54) is 0 Å². The Morgan fingerprint density at radius 1 is 0.745 bits per heavy atom. The van der Waals surface area contributed by atoms with Gasteiger partial charge in [0.05, 0.1) is 53.1 Å². The molecule has 0 aliphatic rings. The van der Waals surface area contributed by atoms with Crippen LogP contribution >= 0.6 is 8.53 Å². The summed E-state index contributed by atoms with van der Waals surface area (Å²) >= 11 is 0. The molecule has 0 aromatic heterocycles. The van der Waals surface area contributed by atoms with Crippen molar-refractivity contribution in [3.63, 3.8) is 0 Å². The van der Waals surface area contributed by atoms with Gasteiger partial charge in [0.2, 0.25) is 0 Å². The third-order valence-corrected chi connectivity index (χ3v) is 10.4. The Morgan fingerprint density at radius 2 is 1.29 bits per heavy atom. The number of nitriles is 1. The second kappa shape index (κ2) is 20.0. The van der Waals surface area contributed by atoms with E-state index < -0.39 is 20.2 Å². The number of ether oxygens (including phenoxy) is 4. The first-order valence-electron chi connectivity index (χ1n) is 17.1. The van der Waals surface area contributed by atoms with E-state index in [0.717, 1.165) is 39.3 Å². The summed E-state index contributed by atoms with van der Waals surface area (Å²) in [6.07, 6.45) is 5.26. The molecule has 2 atom stereocenters. The van der Waals surface area contributed by atoms with E-state index in [4.69, 9.17) is 34.4 Å². The van der Waals surface area contributed by atoms with Crippen LogP contribution in [0.3, 0.4) is 0 Å². The Morgan fingerprint density at radius 3 is 1.78 bits per heavy atom. The molecule has 8 nitrogen and oxygen atoms in total. The highest BCUT2D eigenvalue weighted by Crippen LogP contribution is 2.48. The number of benzene rings is 4. The lowest BCUT2D eigenvalue weighted by molar-refractivity contribution is -0.0611. The van der Waals surface area contributed by atoms with Crippen molar-refractivity contribution in [3.05, 3.63) is 131 Å². The normalized spacial score (nSPS) is 12.8. The van der Waals surface area contributed by atoms with E-state index in [2.05, 4.69) is 56.5 Å². The minimum atomic E-state index is -1.59. The third kappa shape index (κ3) is 10.6. The topological polar surface area (TPSA) is 82.4 Å². The van der Waals surface area contributed by atoms with Crippen LogP contribution in [0.2, 0.25) is 0 Å². The van der Waals surface area contributed by atoms with Crippen LogP contribution in [0.15, 0.2) is 103 Å². The lowest BCUT2D eigenvalue weighted by Crippen LogP contribution is -2.39. The van der Waals surface area contributed by atoms with E-state index in [9.17, 15) is 5.26 Å². The maximum atomic E-state index is 9.30. The average molecular weight is 709 g/mol. The molecule has 4 aromatic rings. The zero-order valence-electron chi connectivity index (χ0n) is 30.5. The van der Waals surface area contributed by atoms with Gasteiger partial charge in [0.15, 0.2) is 0 Å². The van der Waals surface area contributed by atoms with E-state index in [-0.39, 0.29) is 38.3 Å². The van der Waals surface area contributed by atoms with Crippen molar-refractivity contribution in [3.8, 4) is 29.9 Å². The minimum Gasteiger partial charge on any atom is -0.497 e. The fourth-order valence-electron chi connectivity index (χ4n) is 5.83. The fraction of sp³-hybridized carbons (Fsp3) is 0.357. The van der Waals surface area contributed by atoms with Gasteiger partial charge in [-0.1, -0.05) is 72.7 Å². The van der Waals surface area contributed by atoms with Crippen LogP contribution < -0.4 is 9.47 Å². The molecule has 0 saturated carbocycles. The molecule has 268 valence electrons. The number of nitrogens with zero attached hydrogens (tertiary/aromatic N) is 2. The SMILES string of the molecule is C#Cc1ccc(COC[C@@H](COC(c2ccccc2)(c2ccc(OC)cc2)c2ccc(OC)cc2)OP(OCCC#N)N(C(C)C)C(C)C)cc1. The van der Waals surface area contributed by atoms with Gasteiger partial charge in [-0.2, -0.15) is 5.26 Å². The van der Waals surface area contributed by atoms with E-state index in [1.54, 1.807) is 14.2 Å². The molecule has 1 unspecified atom stereocenters. The molecule has 0 saturated heterocycles. The summed E-state index contributed by atoms with van der Waals surface area (Å²) < 4.78 is 40.0. The van der Waals surface area contributed by atoms with Gasteiger partial charge in [0.1, 0.15) is 23.2 Å². The molecular weight excluding hydrogens is 659 g/mol. The van der Waals surface area contributed by atoms with E-state index in [0.29, 0.717) is 6.61 Å². The molecule has 4 rings (SSSR count). The van der Waals surface area contributed by atoms with Gasteiger partial charge in [0, 0.05) is 17.6 Å². The zero-order valence-corrected chi connectivity index (χ0v) is 31.3. The van der Waals surface area contributed by atoms with Crippen LogP contribution in [-0.2, 0) is 30.7 Å². The lowest BCUT2D eigenvalue weighted by Gasteiger charge is -2.39. The number of rotatable bonds is 20. The Balaban J connectivity index is 1.76. The Hall–Kier alpha value is -4.24. The van der Waals surface area contributed by atoms with Gasteiger partial charge in [-0.3, -0.25) is 0 Å². The molecular formula is C42H49N2O6P. The maximum absolute atomic E-state index is 9.30. The van der Waals surface area contributed by atoms with Gasteiger partial charge < -0.3 is 28.0 Å². The molecule has 0 radical (unpaired) electrons. The summed E-state index contributed by atoms with van der Waals surface area (Å²) in [6.45, 7) is 9.43. The molecule has 9 heteroatoms. The molecule has 0 aliphatic carbocycles. The Kier molecular flexibility index (Phi) is 15.5.